The van der Waals surface area contributed by atoms with Gasteiger partial charge in [0.1, 0.15) is 5.69 Å². The van der Waals surface area contributed by atoms with Crippen LogP contribution in [0.5, 0.6) is 0 Å². The van der Waals surface area contributed by atoms with E-state index < -0.39 is 0 Å². The zero-order valence-corrected chi connectivity index (χ0v) is 13.4. The van der Waals surface area contributed by atoms with Crippen LogP contribution in [0.1, 0.15) is 29.5 Å². The molecule has 1 N–H and O–H groups in total. The lowest BCUT2D eigenvalue weighted by molar-refractivity contribution is 0.0905. The third-order valence-electron chi connectivity index (χ3n) is 2.80. The topological polar surface area (TPSA) is 46.9 Å². The number of hydrogen-bond donors (Lipinski definition) is 1. The average Bonchev–Trinajstić information content (AvgIpc) is 2.65. The highest BCUT2D eigenvalue weighted by Gasteiger charge is 2.29. The minimum Gasteiger partial charge on any atom is -0.344 e. The summed E-state index contributed by atoms with van der Waals surface area (Å²) in [7, 11) is 1.78. The second kappa shape index (κ2) is 6.00. The quantitative estimate of drug-likeness (QED) is 0.813. The molecule has 0 aliphatic rings. The summed E-state index contributed by atoms with van der Waals surface area (Å²) >= 11 is 6.90. The third-order valence-corrected chi connectivity index (χ3v) is 4.95. The number of hydrogen-bond acceptors (Lipinski definition) is 2. The Morgan fingerprint density at radius 2 is 2.12 bits per heavy atom. The summed E-state index contributed by atoms with van der Waals surface area (Å²) in [4.78, 5) is 12.2. The molecule has 1 amide bonds. The summed E-state index contributed by atoms with van der Waals surface area (Å²) in [5.74, 6) is -0.0890. The van der Waals surface area contributed by atoms with Gasteiger partial charge in [-0.15, -0.1) is 0 Å². The van der Waals surface area contributed by atoms with Crippen LogP contribution in [0.25, 0.3) is 0 Å². The van der Waals surface area contributed by atoms with Crippen LogP contribution in [0.15, 0.2) is 6.07 Å². The van der Waals surface area contributed by atoms with Gasteiger partial charge in [0.15, 0.2) is 0 Å². The van der Waals surface area contributed by atoms with Gasteiger partial charge in [-0.05, 0) is 19.4 Å². The fraction of sp³-hybridized carbons (Fsp3) is 0.636. The largest absolute Gasteiger partial charge is 0.344 e. The van der Waals surface area contributed by atoms with Crippen molar-refractivity contribution in [2.75, 3.05) is 10.7 Å². The standard InChI is InChI=1S/C11H17Br2N3O/c1-4-11(6-12,7-13)14-10(17)9-5-8(2)15-16(9)3/h5H,4,6-7H2,1-3H3,(H,14,17). The highest BCUT2D eigenvalue weighted by Crippen LogP contribution is 2.17. The summed E-state index contributed by atoms with van der Waals surface area (Å²) in [6.07, 6.45) is 0.853. The first-order chi connectivity index (χ1) is 7.98. The molecule has 4 nitrogen and oxygen atoms in total. The van der Waals surface area contributed by atoms with Crippen molar-refractivity contribution in [3.05, 3.63) is 17.5 Å². The molecule has 0 spiro atoms. The smallest absolute Gasteiger partial charge is 0.270 e. The Morgan fingerprint density at radius 3 is 2.47 bits per heavy atom. The number of alkyl halides is 2. The molecule has 96 valence electrons. The molecule has 1 aromatic rings. The van der Waals surface area contributed by atoms with Gasteiger partial charge in [-0.1, -0.05) is 38.8 Å². The van der Waals surface area contributed by atoms with Gasteiger partial charge in [0.2, 0.25) is 0 Å². The Kier molecular flexibility index (Phi) is 5.19. The van der Waals surface area contributed by atoms with E-state index in [4.69, 9.17) is 0 Å². The highest BCUT2D eigenvalue weighted by molar-refractivity contribution is 9.09. The van der Waals surface area contributed by atoms with Crippen LogP contribution in [0.4, 0.5) is 0 Å². The summed E-state index contributed by atoms with van der Waals surface area (Å²) in [6.45, 7) is 3.93. The molecule has 0 atom stereocenters. The molecule has 0 aliphatic heterocycles. The number of nitrogens with zero attached hydrogens (tertiary/aromatic N) is 2. The molecule has 0 bridgehead atoms. The van der Waals surface area contributed by atoms with Crippen molar-refractivity contribution in [3.8, 4) is 0 Å². The van der Waals surface area contributed by atoms with Gasteiger partial charge < -0.3 is 5.32 Å². The zero-order valence-electron chi connectivity index (χ0n) is 10.3. The van der Waals surface area contributed by atoms with Gasteiger partial charge in [0.25, 0.3) is 5.91 Å². The van der Waals surface area contributed by atoms with Crippen molar-refractivity contribution in [1.82, 2.24) is 15.1 Å². The number of nitrogens with one attached hydrogen (secondary N) is 1. The van der Waals surface area contributed by atoms with E-state index in [2.05, 4.69) is 49.2 Å². The van der Waals surface area contributed by atoms with E-state index in [-0.39, 0.29) is 11.4 Å². The van der Waals surface area contributed by atoms with Crippen molar-refractivity contribution >= 4 is 37.8 Å². The predicted octanol–water partition coefficient (Wildman–Crippen LogP) is 2.40. The van der Waals surface area contributed by atoms with Gasteiger partial charge in [-0.2, -0.15) is 5.10 Å². The van der Waals surface area contributed by atoms with Crippen LogP contribution in [-0.2, 0) is 7.05 Å². The average molecular weight is 367 g/mol. The first-order valence-electron chi connectivity index (χ1n) is 5.43. The number of carbonyl (C=O) groups is 1. The molecular formula is C11H17Br2N3O. The first kappa shape index (κ1) is 14.7. The van der Waals surface area contributed by atoms with Crippen molar-refractivity contribution in [2.45, 2.75) is 25.8 Å². The van der Waals surface area contributed by atoms with Gasteiger partial charge in [0.05, 0.1) is 11.2 Å². The Morgan fingerprint density at radius 1 is 1.53 bits per heavy atom. The van der Waals surface area contributed by atoms with E-state index in [0.29, 0.717) is 16.4 Å². The molecule has 0 fully saturated rings. The summed E-state index contributed by atoms with van der Waals surface area (Å²) in [5, 5.41) is 8.65. The molecular weight excluding hydrogens is 350 g/mol. The minimum atomic E-state index is -0.255. The van der Waals surface area contributed by atoms with Crippen molar-refractivity contribution < 1.29 is 4.79 Å². The van der Waals surface area contributed by atoms with Crippen LogP contribution >= 0.6 is 31.9 Å². The van der Waals surface area contributed by atoms with E-state index in [1.807, 2.05) is 6.92 Å². The fourth-order valence-corrected chi connectivity index (χ4v) is 3.51. The molecule has 1 aromatic heterocycles. The Bertz CT molecular complexity index is 391. The predicted molar refractivity (Wildman–Crippen MR) is 76.0 cm³/mol. The SMILES string of the molecule is CCC(CBr)(CBr)NC(=O)c1cc(C)nn1C. The number of carbonyl (C=O) groups excluding carboxylic acids is 1. The van der Waals surface area contributed by atoms with Crippen molar-refractivity contribution in [1.29, 1.82) is 0 Å². The van der Waals surface area contributed by atoms with Crippen LogP contribution in [-0.4, -0.2) is 31.9 Å². The maximum Gasteiger partial charge on any atom is 0.270 e. The van der Waals surface area contributed by atoms with E-state index in [9.17, 15) is 4.79 Å². The lowest BCUT2D eigenvalue weighted by Gasteiger charge is -2.29. The Labute approximate surface area is 118 Å². The summed E-state index contributed by atoms with van der Waals surface area (Å²) < 4.78 is 1.60. The molecule has 0 radical (unpaired) electrons. The molecule has 1 rings (SSSR count). The number of amides is 1. The van der Waals surface area contributed by atoms with Crippen molar-refractivity contribution in [3.63, 3.8) is 0 Å². The molecule has 0 saturated heterocycles. The number of aromatic nitrogens is 2. The maximum atomic E-state index is 12.2. The monoisotopic (exact) mass is 365 g/mol. The fourth-order valence-electron chi connectivity index (χ4n) is 1.51. The zero-order chi connectivity index (χ0) is 13.1. The normalized spacial score (nSPS) is 11.6. The van der Waals surface area contributed by atoms with E-state index >= 15 is 0 Å². The first-order valence-corrected chi connectivity index (χ1v) is 7.67. The van der Waals surface area contributed by atoms with E-state index in [0.717, 1.165) is 12.1 Å². The molecule has 0 aliphatic carbocycles. The van der Waals surface area contributed by atoms with E-state index in [1.54, 1.807) is 17.8 Å². The van der Waals surface area contributed by atoms with Crippen LogP contribution < -0.4 is 5.32 Å². The molecule has 0 saturated carbocycles. The highest BCUT2D eigenvalue weighted by atomic mass is 79.9. The molecule has 17 heavy (non-hydrogen) atoms. The second-order valence-corrected chi connectivity index (χ2v) is 5.27. The van der Waals surface area contributed by atoms with Crippen LogP contribution in [0.2, 0.25) is 0 Å². The van der Waals surface area contributed by atoms with Crippen molar-refractivity contribution in [2.24, 2.45) is 7.05 Å². The maximum absolute atomic E-state index is 12.2. The number of aryl methyl sites for hydroxylation is 2. The van der Waals surface area contributed by atoms with E-state index in [1.165, 1.54) is 0 Å². The minimum absolute atomic E-state index is 0.0890. The second-order valence-electron chi connectivity index (χ2n) is 4.15. The lowest BCUT2D eigenvalue weighted by atomic mass is 10.0. The Hall–Kier alpha value is -0.360. The van der Waals surface area contributed by atoms with Crippen LogP contribution in [0, 0.1) is 6.92 Å². The number of rotatable bonds is 5. The Balaban J connectivity index is 2.88. The summed E-state index contributed by atoms with van der Waals surface area (Å²) in [5.41, 5.74) is 1.18. The molecule has 6 heteroatoms. The van der Waals surface area contributed by atoms with Gasteiger partial charge >= 0.3 is 0 Å². The van der Waals surface area contributed by atoms with Gasteiger partial charge in [0, 0.05) is 17.7 Å². The molecule has 1 heterocycles. The van der Waals surface area contributed by atoms with Gasteiger partial charge in [-0.25, -0.2) is 0 Å². The summed E-state index contributed by atoms with van der Waals surface area (Å²) in [6, 6.07) is 1.79. The molecule has 0 aromatic carbocycles. The lowest BCUT2D eigenvalue weighted by Crippen LogP contribution is -2.51. The number of halogens is 2. The van der Waals surface area contributed by atoms with Crippen LogP contribution in [0.3, 0.4) is 0 Å². The van der Waals surface area contributed by atoms with Gasteiger partial charge in [-0.3, -0.25) is 9.48 Å². The molecule has 0 unspecified atom stereocenters. The third kappa shape index (κ3) is 3.31.